The monoisotopic (exact) mass is 269 g/mol. The highest BCUT2D eigenvalue weighted by atomic mass is 16.5. The van der Waals surface area contributed by atoms with Crippen LogP contribution in [0.1, 0.15) is 11.1 Å². The number of nitrogens with two attached hydrogens (primary N) is 1. The van der Waals surface area contributed by atoms with Crippen molar-refractivity contribution >= 4 is 17.6 Å². The molecule has 0 radical (unpaired) electrons. The fourth-order valence-electron chi connectivity index (χ4n) is 1.63. The van der Waals surface area contributed by atoms with Crippen LogP contribution in [-0.2, 0) is 11.3 Å². The number of carbonyl (C=O) groups excluding carboxylic acids is 1. The average molecular weight is 269 g/mol. The number of alkyl carbamates (subject to hydrolysis) is 1. The lowest BCUT2D eigenvalue weighted by molar-refractivity contribution is 0.145. The van der Waals surface area contributed by atoms with Crippen LogP contribution in [0.15, 0.2) is 54.6 Å². The number of amides is 1. The lowest BCUT2D eigenvalue weighted by atomic mass is 10.2. The summed E-state index contributed by atoms with van der Waals surface area (Å²) in [6, 6.07) is 16.1. The van der Waals surface area contributed by atoms with E-state index >= 15 is 0 Å². The number of ether oxygens (including phenoxy) is 1. The lowest BCUT2D eigenvalue weighted by Gasteiger charge is -2.08. The van der Waals surface area contributed by atoms with Gasteiger partial charge in [-0.1, -0.05) is 42.5 Å². The third-order valence-corrected chi connectivity index (χ3v) is 2.62. The first-order chi connectivity index (χ1) is 9.65. The molecule has 5 heteroatoms. The molecule has 5 nitrogen and oxygen atoms in total. The Morgan fingerprint density at radius 3 is 2.60 bits per heavy atom. The van der Waals surface area contributed by atoms with E-state index in [9.17, 15) is 4.79 Å². The van der Waals surface area contributed by atoms with Crippen LogP contribution >= 0.6 is 0 Å². The molecule has 1 amide bonds. The van der Waals surface area contributed by atoms with E-state index in [1.807, 2.05) is 30.3 Å². The highest BCUT2D eigenvalue weighted by molar-refractivity contribution is 6.04. The van der Waals surface area contributed by atoms with Gasteiger partial charge < -0.3 is 10.5 Å². The predicted molar refractivity (Wildman–Crippen MR) is 77.4 cm³/mol. The van der Waals surface area contributed by atoms with Crippen molar-refractivity contribution in [2.45, 2.75) is 6.61 Å². The SMILES string of the molecule is N=C(NC(=O)OCc1ccccc1)c1cccc(N)c1. The Hall–Kier alpha value is -2.82. The topological polar surface area (TPSA) is 88.2 Å². The molecule has 0 aliphatic rings. The van der Waals surface area contributed by atoms with Gasteiger partial charge in [-0.25, -0.2) is 4.79 Å². The smallest absolute Gasteiger partial charge is 0.413 e. The first kappa shape index (κ1) is 13.6. The van der Waals surface area contributed by atoms with Crippen molar-refractivity contribution in [1.82, 2.24) is 5.32 Å². The van der Waals surface area contributed by atoms with Gasteiger partial charge in [0.05, 0.1) is 0 Å². The van der Waals surface area contributed by atoms with Gasteiger partial charge in [0.25, 0.3) is 0 Å². The molecular formula is C15H15N3O2. The van der Waals surface area contributed by atoms with E-state index < -0.39 is 6.09 Å². The summed E-state index contributed by atoms with van der Waals surface area (Å²) in [6.45, 7) is 0.164. The second kappa shape index (κ2) is 6.38. The maximum atomic E-state index is 11.6. The molecule has 2 aromatic carbocycles. The van der Waals surface area contributed by atoms with Gasteiger partial charge in [0.15, 0.2) is 0 Å². The molecule has 20 heavy (non-hydrogen) atoms. The second-order valence-electron chi connectivity index (χ2n) is 4.19. The minimum Gasteiger partial charge on any atom is -0.444 e. The van der Waals surface area contributed by atoms with Gasteiger partial charge in [-0.05, 0) is 17.7 Å². The Bertz CT molecular complexity index is 612. The zero-order valence-corrected chi connectivity index (χ0v) is 10.8. The molecule has 102 valence electrons. The normalized spacial score (nSPS) is 9.80. The number of benzene rings is 2. The highest BCUT2D eigenvalue weighted by Gasteiger charge is 2.08. The fourth-order valence-corrected chi connectivity index (χ4v) is 1.63. The maximum Gasteiger partial charge on any atom is 0.413 e. The number of hydrogen-bond acceptors (Lipinski definition) is 4. The van der Waals surface area contributed by atoms with Crippen LogP contribution in [0.5, 0.6) is 0 Å². The van der Waals surface area contributed by atoms with Crippen molar-refractivity contribution in [1.29, 1.82) is 5.41 Å². The third-order valence-electron chi connectivity index (χ3n) is 2.62. The minimum atomic E-state index is -0.665. The number of nitrogen functional groups attached to an aromatic ring is 1. The lowest BCUT2D eigenvalue weighted by Crippen LogP contribution is -2.31. The van der Waals surface area contributed by atoms with Crippen LogP contribution in [-0.4, -0.2) is 11.9 Å². The highest BCUT2D eigenvalue weighted by Crippen LogP contribution is 2.06. The second-order valence-corrected chi connectivity index (χ2v) is 4.19. The van der Waals surface area contributed by atoms with Gasteiger partial charge >= 0.3 is 6.09 Å². The summed E-state index contributed by atoms with van der Waals surface area (Å²) >= 11 is 0. The molecule has 0 atom stereocenters. The van der Waals surface area contributed by atoms with Crippen LogP contribution in [0.4, 0.5) is 10.5 Å². The van der Waals surface area contributed by atoms with Crippen LogP contribution in [0.3, 0.4) is 0 Å². The van der Waals surface area contributed by atoms with Crippen LogP contribution in [0.25, 0.3) is 0 Å². The quantitative estimate of drug-likeness (QED) is 0.454. The van der Waals surface area contributed by atoms with E-state index in [0.29, 0.717) is 11.3 Å². The molecule has 4 N–H and O–H groups in total. The van der Waals surface area contributed by atoms with Gasteiger partial charge in [-0.3, -0.25) is 10.7 Å². The van der Waals surface area contributed by atoms with Gasteiger partial charge in [-0.2, -0.15) is 0 Å². The summed E-state index contributed by atoms with van der Waals surface area (Å²) in [6.07, 6.45) is -0.665. The molecule has 0 aromatic heterocycles. The molecular weight excluding hydrogens is 254 g/mol. The summed E-state index contributed by atoms with van der Waals surface area (Å²) < 4.78 is 5.03. The Labute approximate surface area is 116 Å². The standard InChI is InChI=1S/C15H15N3O2/c16-13-8-4-7-12(9-13)14(17)18-15(19)20-10-11-5-2-1-3-6-11/h1-9H,10,16H2,(H2,17,18,19). The van der Waals surface area contributed by atoms with Gasteiger partial charge in [0.2, 0.25) is 0 Å². The van der Waals surface area contributed by atoms with E-state index in [0.717, 1.165) is 5.56 Å². The van der Waals surface area contributed by atoms with Gasteiger partial charge in [0, 0.05) is 11.3 Å². The number of rotatable bonds is 3. The summed E-state index contributed by atoms with van der Waals surface area (Å²) in [5.41, 5.74) is 7.57. The van der Waals surface area contributed by atoms with E-state index in [4.69, 9.17) is 15.9 Å². The number of nitrogens with one attached hydrogen (secondary N) is 2. The largest absolute Gasteiger partial charge is 0.444 e. The molecule has 0 aliphatic carbocycles. The number of carbonyl (C=O) groups is 1. The minimum absolute atomic E-state index is 0.0460. The first-order valence-corrected chi connectivity index (χ1v) is 6.07. The van der Waals surface area contributed by atoms with Gasteiger partial charge in [0.1, 0.15) is 12.4 Å². The van der Waals surface area contributed by atoms with E-state index in [2.05, 4.69) is 5.32 Å². The summed E-state index contributed by atoms with van der Waals surface area (Å²) in [4.78, 5) is 11.6. The Balaban J connectivity index is 1.87. The maximum absolute atomic E-state index is 11.6. The molecule has 0 unspecified atom stereocenters. The molecule has 0 saturated heterocycles. The van der Waals surface area contributed by atoms with Crippen LogP contribution < -0.4 is 11.1 Å². The van der Waals surface area contributed by atoms with Crippen LogP contribution in [0.2, 0.25) is 0 Å². The van der Waals surface area contributed by atoms with Crippen molar-refractivity contribution in [2.24, 2.45) is 0 Å². The number of anilines is 1. The third kappa shape index (κ3) is 3.84. The fraction of sp³-hybridized carbons (Fsp3) is 0.0667. The van der Waals surface area contributed by atoms with E-state index in [-0.39, 0.29) is 12.4 Å². The van der Waals surface area contributed by atoms with Crippen molar-refractivity contribution in [3.05, 3.63) is 65.7 Å². The Kier molecular flexibility index (Phi) is 4.34. The molecule has 0 heterocycles. The molecule has 0 fully saturated rings. The first-order valence-electron chi connectivity index (χ1n) is 6.07. The molecule has 2 aromatic rings. The van der Waals surface area contributed by atoms with Crippen molar-refractivity contribution in [3.63, 3.8) is 0 Å². The summed E-state index contributed by atoms with van der Waals surface area (Å²) in [7, 11) is 0. The predicted octanol–water partition coefficient (Wildman–Crippen LogP) is 2.52. The number of hydrogen-bond donors (Lipinski definition) is 3. The molecule has 2 rings (SSSR count). The van der Waals surface area contributed by atoms with E-state index in [1.165, 1.54) is 0 Å². The molecule has 0 aliphatic heterocycles. The summed E-state index contributed by atoms with van der Waals surface area (Å²) in [5, 5.41) is 10.1. The van der Waals surface area contributed by atoms with Crippen molar-refractivity contribution in [2.75, 3.05) is 5.73 Å². The Morgan fingerprint density at radius 1 is 1.15 bits per heavy atom. The molecule has 0 saturated carbocycles. The van der Waals surface area contributed by atoms with Gasteiger partial charge in [-0.15, -0.1) is 0 Å². The number of amidine groups is 1. The summed E-state index contributed by atoms with van der Waals surface area (Å²) in [5.74, 6) is -0.0460. The molecule has 0 bridgehead atoms. The Morgan fingerprint density at radius 2 is 1.90 bits per heavy atom. The van der Waals surface area contributed by atoms with Crippen molar-refractivity contribution in [3.8, 4) is 0 Å². The average Bonchev–Trinajstić information content (AvgIpc) is 2.46. The zero-order valence-electron chi connectivity index (χ0n) is 10.8. The van der Waals surface area contributed by atoms with Crippen LogP contribution in [0, 0.1) is 5.41 Å². The zero-order chi connectivity index (χ0) is 14.4. The molecule has 0 spiro atoms. The van der Waals surface area contributed by atoms with Crippen molar-refractivity contribution < 1.29 is 9.53 Å². The van der Waals surface area contributed by atoms with E-state index in [1.54, 1.807) is 24.3 Å².